The summed E-state index contributed by atoms with van der Waals surface area (Å²) in [5, 5.41) is 12.6. The largest absolute Gasteiger partial charge is 0.389 e. The normalized spacial score (nSPS) is 17.3. The Morgan fingerprint density at radius 1 is 1.15 bits per heavy atom. The van der Waals surface area contributed by atoms with Gasteiger partial charge in [-0.1, -0.05) is 6.07 Å². The lowest BCUT2D eigenvalue weighted by molar-refractivity contribution is 0.199. The van der Waals surface area contributed by atoms with Crippen LogP contribution in [0.3, 0.4) is 0 Å². The zero-order valence-electron chi connectivity index (χ0n) is 11.4. The lowest BCUT2D eigenvalue weighted by atomic mass is 10.2. The fourth-order valence-corrected chi connectivity index (χ4v) is 3.03. The van der Waals surface area contributed by atoms with Crippen LogP contribution in [-0.2, 0) is 0 Å². The van der Waals surface area contributed by atoms with Gasteiger partial charge in [-0.05, 0) is 18.6 Å². The fourth-order valence-electron chi connectivity index (χ4n) is 2.33. The molecule has 3 rings (SSSR count). The first-order valence-corrected chi connectivity index (χ1v) is 7.65. The van der Waals surface area contributed by atoms with Gasteiger partial charge in [-0.2, -0.15) is 0 Å². The third-order valence-corrected chi connectivity index (χ3v) is 4.38. The van der Waals surface area contributed by atoms with Crippen molar-refractivity contribution in [3.8, 4) is 0 Å². The van der Waals surface area contributed by atoms with Gasteiger partial charge in [0.25, 0.3) is 0 Å². The minimum atomic E-state index is -0.460. The molecule has 0 unspecified atom stereocenters. The van der Waals surface area contributed by atoms with Crippen molar-refractivity contribution in [2.45, 2.75) is 13.0 Å². The van der Waals surface area contributed by atoms with E-state index in [2.05, 4.69) is 19.8 Å². The number of hydrogen-bond acceptors (Lipinski definition) is 6. The van der Waals surface area contributed by atoms with Crippen LogP contribution < -0.4 is 9.80 Å². The summed E-state index contributed by atoms with van der Waals surface area (Å²) in [6.07, 6.45) is 3.15. The summed E-state index contributed by atoms with van der Waals surface area (Å²) >= 11 is 1.68. The van der Waals surface area contributed by atoms with Crippen molar-refractivity contribution in [3.63, 3.8) is 0 Å². The minimum absolute atomic E-state index is 0.460. The molecule has 0 saturated carbocycles. The molecule has 106 valence electrons. The van der Waals surface area contributed by atoms with Gasteiger partial charge in [0.15, 0.2) is 5.13 Å². The Kier molecular flexibility index (Phi) is 3.84. The second-order valence-corrected chi connectivity index (χ2v) is 5.79. The van der Waals surface area contributed by atoms with Gasteiger partial charge in [0.2, 0.25) is 0 Å². The second kappa shape index (κ2) is 5.76. The van der Waals surface area contributed by atoms with Crippen LogP contribution in [0.25, 0.3) is 0 Å². The van der Waals surface area contributed by atoms with Crippen LogP contribution >= 0.6 is 11.3 Å². The molecule has 3 heterocycles. The molecule has 1 fully saturated rings. The number of aliphatic hydroxyl groups excluding tert-OH is 1. The first kappa shape index (κ1) is 13.3. The van der Waals surface area contributed by atoms with Gasteiger partial charge in [-0.3, -0.25) is 0 Å². The number of thiazole rings is 1. The van der Waals surface area contributed by atoms with E-state index in [4.69, 9.17) is 0 Å². The number of rotatable bonds is 3. The molecule has 2 aromatic heterocycles. The van der Waals surface area contributed by atoms with Gasteiger partial charge >= 0.3 is 0 Å². The summed E-state index contributed by atoms with van der Waals surface area (Å²) in [4.78, 5) is 13.4. The standard InChI is InChI=1S/C14H18N4OS/c1-11(19)12-2-3-13(16-10-12)17-5-7-18(8-6-17)14-15-4-9-20-14/h2-4,9-11,19H,5-8H2,1H3/t11-/m0/s1. The molecule has 0 bridgehead atoms. The SMILES string of the molecule is C[C@H](O)c1ccc(N2CCN(c3nccs3)CC2)nc1. The molecule has 1 atom stereocenters. The first-order valence-electron chi connectivity index (χ1n) is 6.77. The number of pyridine rings is 1. The van der Waals surface area contributed by atoms with E-state index in [-0.39, 0.29) is 0 Å². The van der Waals surface area contributed by atoms with E-state index in [9.17, 15) is 5.11 Å². The maximum absolute atomic E-state index is 9.50. The molecule has 6 heteroatoms. The summed E-state index contributed by atoms with van der Waals surface area (Å²) < 4.78 is 0. The molecule has 20 heavy (non-hydrogen) atoms. The van der Waals surface area contributed by atoms with Crippen LogP contribution in [-0.4, -0.2) is 41.3 Å². The highest BCUT2D eigenvalue weighted by Crippen LogP contribution is 2.21. The Balaban J connectivity index is 1.63. The summed E-state index contributed by atoms with van der Waals surface area (Å²) in [6, 6.07) is 3.93. The number of aliphatic hydroxyl groups is 1. The number of anilines is 2. The molecule has 2 aromatic rings. The molecule has 1 aliphatic rings. The fraction of sp³-hybridized carbons (Fsp3) is 0.429. The monoisotopic (exact) mass is 290 g/mol. The van der Waals surface area contributed by atoms with Gasteiger partial charge in [0.1, 0.15) is 5.82 Å². The first-order chi connectivity index (χ1) is 9.74. The van der Waals surface area contributed by atoms with Crippen LogP contribution in [0.1, 0.15) is 18.6 Å². The summed E-state index contributed by atoms with van der Waals surface area (Å²) in [6.45, 7) is 5.57. The number of piperazine rings is 1. The van der Waals surface area contributed by atoms with Gasteiger partial charge < -0.3 is 14.9 Å². The van der Waals surface area contributed by atoms with Gasteiger partial charge in [-0.15, -0.1) is 11.3 Å². The Labute approximate surface area is 122 Å². The zero-order chi connectivity index (χ0) is 13.9. The van der Waals surface area contributed by atoms with Gasteiger partial charge in [0, 0.05) is 44.0 Å². The quantitative estimate of drug-likeness (QED) is 0.936. The van der Waals surface area contributed by atoms with Gasteiger partial charge in [-0.25, -0.2) is 9.97 Å². The molecule has 0 radical (unpaired) electrons. The molecule has 0 aromatic carbocycles. The third kappa shape index (κ3) is 2.76. The van der Waals surface area contributed by atoms with Crippen LogP contribution in [0.2, 0.25) is 0 Å². The molecule has 1 N–H and O–H groups in total. The number of aromatic nitrogens is 2. The van der Waals surface area contributed by atoms with E-state index in [0.29, 0.717) is 0 Å². The Hall–Kier alpha value is -1.66. The number of hydrogen-bond donors (Lipinski definition) is 1. The lowest BCUT2D eigenvalue weighted by Gasteiger charge is -2.35. The van der Waals surface area contributed by atoms with E-state index in [1.165, 1.54) is 0 Å². The highest BCUT2D eigenvalue weighted by atomic mass is 32.1. The molecule has 1 saturated heterocycles. The Bertz CT molecular complexity index is 533. The van der Waals surface area contributed by atoms with E-state index >= 15 is 0 Å². The Morgan fingerprint density at radius 2 is 1.90 bits per heavy atom. The third-order valence-electron chi connectivity index (χ3n) is 3.55. The summed E-state index contributed by atoms with van der Waals surface area (Å²) in [5.74, 6) is 0.980. The summed E-state index contributed by atoms with van der Waals surface area (Å²) in [5.41, 5.74) is 0.857. The van der Waals surface area contributed by atoms with Crippen molar-refractivity contribution in [1.29, 1.82) is 0 Å². The molecular formula is C14H18N4OS. The van der Waals surface area contributed by atoms with E-state index in [1.54, 1.807) is 24.5 Å². The van der Waals surface area contributed by atoms with E-state index in [1.807, 2.05) is 23.7 Å². The van der Waals surface area contributed by atoms with Crippen molar-refractivity contribution < 1.29 is 5.11 Å². The smallest absolute Gasteiger partial charge is 0.185 e. The molecule has 1 aliphatic heterocycles. The van der Waals surface area contributed by atoms with Gasteiger partial charge in [0.05, 0.1) is 6.10 Å². The molecule has 0 spiro atoms. The highest BCUT2D eigenvalue weighted by molar-refractivity contribution is 7.13. The second-order valence-electron chi connectivity index (χ2n) is 4.91. The van der Waals surface area contributed by atoms with Crippen molar-refractivity contribution in [2.24, 2.45) is 0 Å². The summed E-state index contributed by atoms with van der Waals surface area (Å²) in [7, 11) is 0. The predicted octanol–water partition coefficient (Wildman–Crippen LogP) is 1.92. The van der Waals surface area contributed by atoms with Crippen LogP contribution in [0.4, 0.5) is 10.9 Å². The van der Waals surface area contributed by atoms with Crippen molar-refractivity contribution in [2.75, 3.05) is 36.0 Å². The molecule has 5 nitrogen and oxygen atoms in total. The zero-order valence-corrected chi connectivity index (χ0v) is 12.3. The van der Waals surface area contributed by atoms with Crippen molar-refractivity contribution in [3.05, 3.63) is 35.5 Å². The van der Waals surface area contributed by atoms with Crippen molar-refractivity contribution in [1.82, 2.24) is 9.97 Å². The predicted molar refractivity (Wildman–Crippen MR) is 81.4 cm³/mol. The van der Waals surface area contributed by atoms with E-state index in [0.717, 1.165) is 42.7 Å². The molecule has 0 amide bonds. The maximum atomic E-state index is 9.50. The highest BCUT2D eigenvalue weighted by Gasteiger charge is 2.19. The average molecular weight is 290 g/mol. The molecule has 0 aliphatic carbocycles. The topological polar surface area (TPSA) is 52.5 Å². The van der Waals surface area contributed by atoms with Crippen LogP contribution in [0.5, 0.6) is 0 Å². The van der Waals surface area contributed by atoms with Crippen molar-refractivity contribution >= 4 is 22.3 Å². The number of nitrogens with zero attached hydrogens (tertiary/aromatic N) is 4. The average Bonchev–Trinajstić information content (AvgIpc) is 3.02. The minimum Gasteiger partial charge on any atom is -0.389 e. The van der Waals surface area contributed by atoms with Crippen LogP contribution in [0, 0.1) is 0 Å². The maximum Gasteiger partial charge on any atom is 0.185 e. The van der Waals surface area contributed by atoms with Crippen LogP contribution in [0.15, 0.2) is 29.9 Å². The Morgan fingerprint density at radius 3 is 2.45 bits per heavy atom. The lowest BCUT2D eigenvalue weighted by Crippen LogP contribution is -2.46. The molecular weight excluding hydrogens is 272 g/mol. The van der Waals surface area contributed by atoms with E-state index < -0.39 is 6.10 Å².